The quantitative estimate of drug-likeness (QED) is 0.547. The van der Waals surface area contributed by atoms with E-state index < -0.39 is 0 Å². The molecular formula is C22H19N5O2S. The van der Waals surface area contributed by atoms with Gasteiger partial charge in [-0.3, -0.25) is 14.9 Å². The molecule has 8 heteroatoms. The van der Waals surface area contributed by atoms with Crippen molar-refractivity contribution in [2.75, 3.05) is 5.75 Å². The van der Waals surface area contributed by atoms with E-state index in [1.807, 2.05) is 79.3 Å². The van der Waals surface area contributed by atoms with Crippen molar-refractivity contribution in [3.8, 4) is 5.69 Å². The third kappa shape index (κ3) is 3.15. The number of nitrogens with one attached hydrogen (secondary N) is 1. The van der Waals surface area contributed by atoms with Crippen LogP contribution in [-0.2, 0) is 7.05 Å². The van der Waals surface area contributed by atoms with E-state index in [9.17, 15) is 4.79 Å². The molecule has 0 spiro atoms. The molecule has 0 bridgehead atoms. The molecule has 5 rings (SSSR count). The fourth-order valence-electron chi connectivity index (χ4n) is 3.41. The zero-order valence-electron chi connectivity index (χ0n) is 16.5. The third-order valence-corrected chi connectivity index (χ3v) is 5.95. The number of amidine groups is 1. The Balaban J connectivity index is 1.45. The van der Waals surface area contributed by atoms with Crippen molar-refractivity contribution in [3.05, 3.63) is 82.5 Å². The van der Waals surface area contributed by atoms with Gasteiger partial charge < -0.3 is 4.42 Å². The Kier molecular flexibility index (Phi) is 4.55. The molecule has 1 aliphatic rings. The lowest BCUT2D eigenvalue weighted by molar-refractivity contribution is 0.603. The molecule has 0 unspecified atom stereocenters. The van der Waals surface area contributed by atoms with Crippen LogP contribution in [0.4, 0.5) is 5.69 Å². The highest BCUT2D eigenvalue weighted by Crippen LogP contribution is 2.24. The molecule has 0 atom stereocenters. The molecule has 0 radical (unpaired) electrons. The number of aliphatic imine (C=N–C) groups is 1. The molecule has 1 aliphatic heterocycles. The number of benzene rings is 2. The van der Waals surface area contributed by atoms with E-state index in [0.29, 0.717) is 16.6 Å². The van der Waals surface area contributed by atoms with Crippen LogP contribution in [-0.4, -0.2) is 26.0 Å². The average Bonchev–Trinajstić information content (AvgIpc) is 3.30. The van der Waals surface area contributed by atoms with Crippen LogP contribution in [0.3, 0.4) is 0 Å². The number of hydrogen-bond acceptors (Lipinski definition) is 5. The Bertz CT molecular complexity index is 1330. The molecule has 7 nitrogen and oxygen atoms in total. The minimum absolute atomic E-state index is 0.164. The van der Waals surface area contributed by atoms with Crippen molar-refractivity contribution in [2.45, 2.75) is 6.92 Å². The third-order valence-electron chi connectivity index (χ3n) is 5.08. The number of thioether (sulfide) groups is 1. The first kappa shape index (κ1) is 18.5. The highest BCUT2D eigenvalue weighted by molar-refractivity contribution is 8.14. The number of fused-ring (bicyclic) bond motifs is 1. The monoisotopic (exact) mass is 417 g/mol. The second-order valence-corrected chi connectivity index (χ2v) is 7.90. The number of hydrazone groups is 1. The van der Waals surface area contributed by atoms with Crippen molar-refractivity contribution < 1.29 is 4.42 Å². The molecule has 0 saturated heterocycles. The van der Waals surface area contributed by atoms with Crippen LogP contribution in [0.2, 0.25) is 0 Å². The Hall–Kier alpha value is -3.52. The second kappa shape index (κ2) is 7.38. The van der Waals surface area contributed by atoms with Gasteiger partial charge in [0.2, 0.25) is 0 Å². The van der Waals surface area contributed by atoms with Crippen LogP contribution in [0.5, 0.6) is 0 Å². The highest BCUT2D eigenvalue weighted by Gasteiger charge is 2.20. The van der Waals surface area contributed by atoms with Gasteiger partial charge in [-0.25, -0.2) is 9.67 Å². The van der Waals surface area contributed by atoms with Gasteiger partial charge in [-0.05, 0) is 31.2 Å². The number of aromatic nitrogens is 2. The molecule has 1 N–H and O–H groups in total. The minimum atomic E-state index is -0.164. The fraction of sp³-hybridized carbons (Fsp3) is 0.136. The summed E-state index contributed by atoms with van der Waals surface area (Å²) in [6.45, 7) is 1.89. The van der Waals surface area contributed by atoms with Crippen LogP contribution in [0.1, 0.15) is 11.5 Å². The van der Waals surface area contributed by atoms with Crippen molar-refractivity contribution >= 4 is 39.3 Å². The Labute approximate surface area is 176 Å². The molecule has 0 aliphatic carbocycles. The minimum Gasteiger partial charge on any atom is -0.455 e. The molecule has 2 aromatic heterocycles. The second-order valence-electron chi connectivity index (χ2n) is 6.93. The van der Waals surface area contributed by atoms with Crippen molar-refractivity contribution in [3.63, 3.8) is 0 Å². The SMILES string of the molecule is Cc1c(N=C2NN=C(c3cc4ccccc4o3)CS2)c(=O)n(-c2ccccc2)n1C. The number of para-hydroxylation sites is 2. The topological polar surface area (TPSA) is 76.8 Å². The fourth-order valence-corrected chi connectivity index (χ4v) is 4.15. The molecule has 3 heterocycles. The average molecular weight is 417 g/mol. The smallest absolute Gasteiger partial charge is 0.297 e. The summed E-state index contributed by atoms with van der Waals surface area (Å²) in [4.78, 5) is 17.6. The number of rotatable bonds is 3. The van der Waals surface area contributed by atoms with Crippen LogP contribution >= 0.6 is 11.8 Å². The summed E-state index contributed by atoms with van der Waals surface area (Å²) >= 11 is 1.49. The van der Waals surface area contributed by atoms with Gasteiger partial charge in [0.05, 0.1) is 11.4 Å². The lowest BCUT2D eigenvalue weighted by Crippen LogP contribution is -2.25. The Morgan fingerprint density at radius 3 is 2.63 bits per heavy atom. The molecule has 0 fully saturated rings. The standard InChI is InChI=1S/C22H19N5O2S/c1-14-20(21(28)27(26(14)2)16-9-4-3-5-10-16)23-22-25-24-17(13-30-22)19-12-15-8-6-7-11-18(15)29-19/h3-12H,13H2,1-2H3,(H,23,25). The van der Waals surface area contributed by atoms with Crippen LogP contribution < -0.4 is 11.0 Å². The maximum Gasteiger partial charge on any atom is 0.297 e. The van der Waals surface area contributed by atoms with E-state index >= 15 is 0 Å². The lowest BCUT2D eigenvalue weighted by Gasteiger charge is -2.12. The van der Waals surface area contributed by atoms with Crippen LogP contribution in [0.25, 0.3) is 16.7 Å². The van der Waals surface area contributed by atoms with E-state index in [-0.39, 0.29) is 5.56 Å². The normalized spacial score (nSPS) is 15.4. The Morgan fingerprint density at radius 1 is 1.13 bits per heavy atom. The van der Waals surface area contributed by atoms with E-state index in [1.54, 1.807) is 4.68 Å². The number of hydrogen-bond donors (Lipinski definition) is 1. The van der Waals surface area contributed by atoms with Crippen molar-refractivity contribution in [1.82, 2.24) is 14.8 Å². The van der Waals surface area contributed by atoms with Gasteiger partial charge in [0.25, 0.3) is 5.56 Å². The first-order chi connectivity index (χ1) is 14.6. The molecule has 0 amide bonds. The van der Waals surface area contributed by atoms with Crippen LogP contribution in [0, 0.1) is 6.92 Å². The van der Waals surface area contributed by atoms with Gasteiger partial charge in [0.15, 0.2) is 16.6 Å². The predicted octanol–water partition coefficient (Wildman–Crippen LogP) is 3.96. The first-order valence-electron chi connectivity index (χ1n) is 9.49. The Morgan fingerprint density at radius 2 is 1.90 bits per heavy atom. The van der Waals surface area contributed by atoms with E-state index in [4.69, 9.17) is 4.42 Å². The predicted molar refractivity (Wildman–Crippen MR) is 121 cm³/mol. The number of nitrogens with zero attached hydrogens (tertiary/aromatic N) is 4. The van der Waals surface area contributed by atoms with Gasteiger partial charge in [0, 0.05) is 18.2 Å². The van der Waals surface area contributed by atoms with Crippen LogP contribution in [0.15, 0.2) is 80.0 Å². The van der Waals surface area contributed by atoms with E-state index in [0.717, 1.165) is 33.8 Å². The van der Waals surface area contributed by atoms with Crippen molar-refractivity contribution in [1.29, 1.82) is 0 Å². The van der Waals surface area contributed by atoms with E-state index in [2.05, 4.69) is 15.5 Å². The molecule has 30 heavy (non-hydrogen) atoms. The summed E-state index contributed by atoms with van der Waals surface area (Å²) in [6.07, 6.45) is 0. The molecule has 4 aromatic rings. The maximum atomic E-state index is 13.0. The van der Waals surface area contributed by atoms with Crippen molar-refractivity contribution in [2.24, 2.45) is 17.1 Å². The van der Waals surface area contributed by atoms with Gasteiger partial charge in [-0.15, -0.1) is 0 Å². The summed E-state index contributed by atoms with van der Waals surface area (Å²) in [6, 6.07) is 19.4. The molecule has 150 valence electrons. The maximum absolute atomic E-state index is 13.0. The summed E-state index contributed by atoms with van der Waals surface area (Å²) in [7, 11) is 1.85. The zero-order chi connectivity index (χ0) is 20.7. The first-order valence-corrected chi connectivity index (χ1v) is 10.5. The summed E-state index contributed by atoms with van der Waals surface area (Å²) in [5, 5.41) is 6.05. The largest absolute Gasteiger partial charge is 0.455 e. The molecular weight excluding hydrogens is 398 g/mol. The van der Waals surface area contributed by atoms with E-state index in [1.165, 1.54) is 11.8 Å². The molecule has 0 saturated carbocycles. The zero-order valence-corrected chi connectivity index (χ0v) is 17.3. The molecule has 2 aromatic carbocycles. The number of furan rings is 1. The van der Waals surface area contributed by atoms with Gasteiger partial charge >= 0.3 is 0 Å². The van der Waals surface area contributed by atoms with Gasteiger partial charge in [0.1, 0.15) is 11.3 Å². The highest BCUT2D eigenvalue weighted by atomic mass is 32.2. The summed E-state index contributed by atoms with van der Waals surface area (Å²) in [5.74, 6) is 1.34. The lowest BCUT2D eigenvalue weighted by atomic mass is 10.2. The summed E-state index contributed by atoms with van der Waals surface area (Å²) in [5.41, 5.74) is 6.43. The van der Waals surface area contributed by atoms with Gasteiger partial charge in [-0.1, -0.05) is 48.2 Å². The van der Waals surface area contributed by atoms with Gasteiger partial charge in [-0.2, -0.15) is 5.10 Å². The summed E-state index contributed by atoms with van der Waals surface area (Å²) < 4.78 is 9.32.